The van der Waals surface area contributed by atoms with E-state index in [9.17, 15) is 22.8 Å². The number of urea groups is 1. The molecule has 2 aromatic rings. The molecule has 3 N–H and O–H groups in total. The Balaban J connectivity index is 1.72. The molecule has 10 heteroatoms. The van der Waals surface area contributed by atoms with Crippen LogP contribution in [0.4, 0.5) is 23.8 Å². The van der Waals surface area contributed by atoms with Gasteiger partial charge in [-0.3, -0.25) is 10.1 Å². The Morgan fingerprint density at radius 3 is 2.32 bits per heavy atom. The SMILES string of the molecule is Cc1cc(NC(=O)NCCNC(=O)c2ccc(C(F)(F)F)cc2)no1. The van der Waals surface area contributed by atoms with Crippen molar-refractivity contribution >= 4 is 17.8 Å². The van der Waals surface area contributed by atoms with Crippen molar-refractivity contribution in [2.75, 3.05) is 18.4 Å². The highest BCUT2D eigenvalue weighted by molar-refractivity contribution is 5.94. The highest BCUT2D eigenvalue weighted by atomic mass is 19.4. The van der Waals surface area contributed by atoms with Crippen LogP contribution in [0.5, 0.6) is 0 Å². The number of aryl methyl sites for hydroxylation is 1. The van der Waals surface area contributed by atoms with Crippen LogP contribution in [0, 0.1) is 6.92 Å². The van der Waals surface area contributed by atoms with Crippen molar-refractivity contribution in [1.82, 2.24) is 15.8 Å². The van der Waals surface area contributed by atoms with E-state index in [-0.39, 0.29) is 24.5 Å². The lowest BCUT2D eigenvalue weighted by Gasteiger charge is -2.09. The largest absolute Gasteiger partial charge is 0.416 e. The third-order valence-corrected chi connectivity index (χ3v) is 3.04. The van der Waals surface area contributed by atoms with Gasteiger partial charge >= 0.3 is 12.2 Å². The number of amides is 3. The average molecular weight is 356 g/mol. The highest BCUT2D eigenvalue weighted by Gasteiger charge is 2.30. The van der Waals surface area contributed by atoms with Gasteiger partial charge in [-0.15, -0.1) is 0 Å². The van der Waals surface area contributed by atoms with Crippen LogP contribution >= 0.6 is 0 Å². The molecule has 0 aliphatic carbocycles. The Morgan fingerprint density at radius 1 is 1.12 bits per heavy atom. The topological polar surface area (TPSA) is 96.3 Å². The molecule has 1 aromatic carbocycles. The average Bonchev–Trinajstić information content (AvgIpc) is 2.95. The normalized spacial score (nSPS) is 11.0. The molecule has 3 amide bonds. The van der Waals surface area contributed by atoms with E-state index in [0.29, 0.717) is 5.76 Å². The van der Waals surface area contributed by atoms with Crippen LogP contribution in [0.15, 0.2) is 34.9 Å². The fourth-order valence-electron chi connectivity index (χ4n) is 1.85. The Bertz CT molecular complexity index is 741. The Labute approximate surface area is 140 Å². The fraction of sp³-hybridized carbons (Fsp3) is 0.267. The van der Waals surface area contributed by atoms with E-state index >= 15 is 0 Å². The predicted octanol–water partition coefficient (Wildman–Crippen LogP) is 2.55. The van der Waals surface area contributed by atoms with E-state index < -0.39 is 23.7 Å². The van der Waals surface area contributed by atoms with Crippen LogP contribution in [-0.4, -0.2) is 30.2 Å². The number of anilines is 1. The van der Waals surface area contributed by atoms with Gasteiger partial charge in [0.15, 0.2) is 5.82 Å². The number of nitrogens with one attached hydrogen (secondary N) is 3. The van der Waals surface area contributed by atoms with E-state index in [0.717, 1.165) is 24.3 Å². The predicted molar refractivity (Wildman–Crippen MR) is 82.0 cm³/mol. The molecule has 1 heterocycles. The van der Waals surface area contributed by atoms with Crippen LogP contribution in [0.2, 0.25) is 0 Å². The van der Waals surface area contributed by atoms with Gasteiger partial charge in [0.25, 0.3) is 5.91 Å². The molecule has 0 saturated heterocycles. The van der Waals surface area contributed by atoms with Crippen LogP contribution < -0.4 is 16.0 Å². The maximum atomic E-state index is 12.4. The van der Waals surface area contributed by atoms with E-state index in [1.54, 1.807) is 6.92 Å². The first-order valence-electron chi connectivity index (χ1n) is 7.19. The molecular weight excluding hydrogens is 341 g/mol. The second kappa shape index (κ2) is 7.69. The Kier molecular flexibility index (Phi) is 5.63. The number of benzene rings is 1. The van der Waals surface area contributed by atoms with Crippen LogP contribution in [0.3, 0.4) is 0 Å². The molecule has 134 valence electrons. The van der Waals surface area contributed by atoms with E-state index in [1.807, 2.05) is 0 Å². The number of hydrogen-bond acceptors (Lipinski definition) is 4. The lowest BCUT2D eigenvalue weighted by molar-refractivity contribution is -0.137. The van der Waals surface area contributed by atoms with Crippen molar-refractivity contribution in [3.8, 4) is 0 Å². The number of nitrogens with zero attached hydrogens (tertiary/aromatic N) is 1. The van der Waals surface area contributed by atoms with E-state index in [1.165, 1.54) is 6.07 Å². The number of alkyl halides is 3. The molecule has 1 aromatic heterocycles. The molecule has 0 fully saturated rings. The fourth-order valence-corrected chi connectivity index (χ4v) is 1.85. The maximum absolute atomic E-state index is 12.4. The number of carbonyl (C=O) groups excluding carboxylic acids is 2. The standard InChI is InChI=1S/C15H15F3N4O3/c1-9-8-12(22-25-9)21-14(24)20-7-6-19-13(23)10-2-4-11(5-3-10)15(16,17)18/h2-5,8H,6-7H2,1H3,(H,19,23)(H2,20,21,22,24). The summed E-state index contributed by atoms with van der Waals surface area (Å²) < 4.78 is 42.1. The molecule has 0 bridgehead atoms. The van der Waals surface area contributed by atoms with Gasteiger partial charge in [-0.05, 0) is 31.2 Å². The summed E-state index contributed by atoms with van der Waals surface area (Å²) in [7, 11) is 0. The Morgan fingerprint density at radius 2 is 1.76 bits per heavy atom. The van der Waals surface area contributed by atoms with Crippen molar-refractivity contribution < 1.29 is 27.3 Å². The number of halogens is 3. The summed E-state index contributed by atoms with van der Waals surface area (Å²) in [5.74, 6) is 0.256. The minimum absolute atomic E-state index is 0.0931. The highest BCUT2D eigenvalue weighted by Crippen LogP contribution is 2.29. The van der Waals surface area contributed by atoms with Gasteiger partial charge < -0.3 is 15.2 Å². The van der Waals surface area contributed by atoms with Gasteiger partial charge in [-0.1, -0.05) is 5.16 Å². The number of rotatable bonds is 5. The molecule has 0 radical (unpaired) electrons. The van der Waals surface area contributed by atoms with Crippen LogP contribution in [-0.2, 0) is 6.18 Å². The molecule has 0 spiro atoms. The summed E-state index contributed by atoms with van der Waals surface area (Å²) in [5.41, 5.74) is -0.735. The Hall–Kier alpha value is -3.04. The van der Waals surface area contributed by atoms with E-state index in [2.05, 4.69) is 21.1 Å². The molecule has 25 heavy (non-hydrogen) atoms. The smallest absolute Gasteiger partial charge is 0.360 e. The van der Waals surface area contributed by atoms with Gasteiger partial charge in [0.2, 0.25) is 0 Å². The first kappa shape index (κ1) is 18.3. The molecule has 7 nitrogen and oxygen atoms in total. The lowest BCUT2D eigenvalue weighted by Crippen LogP contribution is -2.36. The van der Waals surface area contributed by atoms with Crippen molar-refractivity contribution in [2.24, 2.45) is 0 Å². The lowest BCUT2D eigenvalue weighted by atomic mass is 10.1. The molecule has 0 aliphatic heterocycles. The summed E-state index contributed by atoms with van der Waals surface area (Å²) in [5, 5.41) is 11.0. The third kappa shape index (κ3) is 5.52. The van der Waals surface area contributed by atoms with Crippen molar-refractivity contribution in [3.05, 3.63) is 47.2 Å². The quantitative estimate of drug-likeness (QED) is 0.718. The van der Waals surface area contributed by atoms with Crippen molar-refractivity contribution in [1.29, 1.82) is 0 Å². The van der Waals surface area contributed by atoms with Crippen LogP contribution in [0.1, 0.15) is 21.7 Å². The zero-order chi connectivity index (χ0) is 18.4. The summed E-state index contributed by atoms with van der Waals surface area (Å²) in [4.78, 5) is 23.3. The number of aromatic nitrogens is 1. The minimum Gasteiger partial charge on any atom is -0.360 e. The maximum Gasteiger partial charge on any atom is 0.416 e. The zero-order valence-electron chi connectivity index (χ0n) is 13.1. The molecular formula is C15H15F3N4O3. The molecule has 0 unspecified atom stereocenters. The van der Waals surface area contributed by atoms with Crippen LogP contribution in [0.25, 0.3) is 0 Å². The van der Waals surface area contributed by atoms with Gasteiger partial charge in [0.1, 0.15) is 5.76 Å². The molecule has 0 aliphatic rings. The minimum atomic E-state index is -4.45. The zero-order valence-corrected chi connectivity index (χ0v) is 13.1. The van der Waals surface area contributed by atoms with Crippen molar-refractivity contribution in [3.63, 3.8) is 0 Å². The summed E-state index contributed by atoms with van der Waals surface area (Å²) in [6.07, 6.45) is -4.45. The first-order chi connectivity index (χ1) is 11.8. The molecule has 0 atom stereocenters. The summed E-state index contributed by atoms with van der Waals surface area (Å²) >= 11 is 0. The second-order valence-electron chi connectivity index (χ2n) is 5.03. The van der Waals surface area contributed by atoms with E-state index in [4.69, 9.17) is 4.52 Å². The first-order valence-corrected chi connectivity index (χ1v) is 7.19. The van der Waals surface area contributed by atoms with Gasteiger partial charge in [0, 0.05) is 24.7 Å². The van der Waals surface area contributed by atoms with Crippen molar-refractivity contribution in [2.45, 2.75) is 13.1 Å². The molecule has 2 rings (SSSR count). The van der Waals surface area contributed by atoms with Gasteiger partial charge in [0.05, 0.1) is 5.56 Å². The number of hydrogen-bond donors (Lipinski definition) is 3. The summed E-state index contributed by atoms with van der Waals surface area (Å²) in [6.45, 7) is 1.90. The molecule has 0 saturated carbocycles. The monoisotopic (exact) mass is 356 g/mol. The summed E-state index contributed by atoms with van der Waals surface area (Å²) in [6, 6.07) is 4.85. The number of carbonyl (C=O) groups is 2. The van der Waals surface area contributed by atoms with Gasteiger partial charge in [-0.25, -0.2) is 4.79 Å². The van der Waals surface area contributed by atoms with Gasteiger partial charge in [-0.2, -0.15) is 13.2 Å². The third-order valence-electron chi connectivity index (χ3n) is 3.04. The second-order valence-corrected chi connectivity index (χ2v) is 5.03.